The molecule has 0 saturated carbocycles. The van der Waals surface area contributed by atoms with Crippen LogP contribution in [0.25, 0.3) is 11.4 Å². The highest BCUT2D eigenvalue weighted by molar-refractivity contribution is 5.80. The van der Waals surface area contributed by atoms with Crippen LogP contribution in [-0.2, 0) is 15.0 Å². The Morgan fingerprint density at radius 3 is 1.70 bits per heavy atom. The summed E-state index contributed by atoms with van der Waals surface area (Å²) in [4.78, 5) is 32.2. The number of hydrogen-bond acceptors (Lipinski definition) is 4. The highest BCUT2D eigenvalue weighted by Gasteiger charge is 2.44. The largest absolute Gasteiger partial charge is 0.300 e. The number of rotatable bonds is 6. The average Bonchev–Trinajstić information content (AvgIpc) is 2.82. The molecule has 118 valence electrons. The highest BCUT2D eigenvalue weighted by atomic mass is 16.1. The lowest BCUT2D eigenvalue weighted by Gasteiger charge is -2.31. The Balaban J connectivity index is 2.16. The van der Waals surface area contributed by atoms with Gasteiger partial charge in [-0.25, -0.2) is 0 Å². The van der Waals surface area contributed by atoms with Crippen LogP contribution >= 0.6 is 0 Å². The zero-order chi connectivity index (χ0) is 16.4. The number of hydrogen-bond donors (Lipinski definition) is 0. The van der Waals surface area contributed by atoms with Crippen LogP contribution in [0.1, 0.15) is 50.7 Å². The zero-order valence-corrected chi connectivity index (χ0v) is 13.5. The van der Waals surface area contributed by atoms with Gasteiger partial charge in [-0.15, -0.1) is 0 Å². The average molecular weight is 308 g/mol. The van der Waals surface area contributed by atoms with Gasteiger partial charge in [-0.1, -0.05) is 12.1 Å². The summed E-state index contributed by atoms with van der Waals surface area (Å²) in [6.45, 7) is 3.23. The van der Waals surface area contributed by atoms with E-state index in [1.165, 1.54) is 0 Å². The summed E-state index contributed by atoms with van der Waals surface area (Å²) in [5.41, 5.74) is 3.61. The van der Waals surface area contributed by atoms with Crippen molar-refractivity contribution < 1.29 is 9.59 Å². The maximum Gasteiger partial charge on any atom is 0.129 e. The predicted octanol–water partition coefficient (Wildman–Crippen LogP) is 3.48. The molecule has 0 aromatic carbocycles. The van der Waals surface area contributed by atoms with Gasteiger partial charge >= 0.3 is 0 Å². The first-order valence-electron chi connectivity index (χ1n) is 7.95. The molecular weight excluding hydrogens is 288 g/mol. The van der Waals surface area contributed by atoms with Crippen LogP contribution < -0.4 is 0 Å². The minimum absolute atomic E-state index is 0.162. The summed E-state index contributed by atoms with van der Waals surface area (Å²) in [5, 5.41) is 0. The Morgan fingerprint density at radius 1 is 0.870 bits per heavy atom. The molecule has 0 unspecified atom stereocenters. The van der Waals surface area contributed by atoms with Gasteiger partial charge in [0.1, 0.15) is 11.6 Å². The van der Waals surface area contributed by atoms with Crippen LogP contribution in [0.2, 0.25) is 0 Å². The van der Waals surface area contributed by atoms with Gasteiger partial charge in [0, 0.05) is 30.7 Å². The first-order valence-corrected chi connectivity index (χ1v) is 7.95. The third-order valence-electron chi connectivity index (χ3n) is 4.68. The lowest BCUT2D eigenvalue weighted by Crippen LogP contribution is -2.27. The normalized spacial score (nSPS) is 14.2. The van der Waals surface area contributed by atoms with Crippen molar-refractivity contribution in [1.82, 2.24) is 9.97 Å². The summed E-state index contributed by atoms with van der Waals surface area (Å²) >= 11 is 0. The number of carbonyl (C=O) groups excluding carboxylic acids is 2. The molecular formula is C19H20N2O2. The molecule has 0 radical (unpaired) electrons. The number of pyridine rings is 2. The van der Waals surface area contributed by atoms with Gasteiger partial charge in [0.2, 0.25) is 0 Å². The van der Waals surface area contributed by atoms with Crippen molar-refractivity contribution >= 4 is 11.6 Å². The first kappa shape index (κ1) is 15.5. The monoisotopic (exact) mass is 308 g/mol. The number of fused-ring (bicyclic) bond motifs is 3. The van der Waals surface area contributed by atoms with Gasteiger partial charge < -0.3 is 9.59 Å². The van der Waals surface area contributed by atoms with Crippen molar-refractivity contribution in [1.29, 1.82) is 0 Å². The van der Waals surface area contributed by atoms with Gasteiger partial charge in [0.25, 0.3) is 0 Å². The summed E-state index contributed by atoms with van der Waals surface area (Å²) in [6.07, 6.45) is 5.88. The molecule has 0 amide bonds. The maximum absolute atomic E-state index is 11.6. The van der Waals surface area contributed by atoms with E-state index in [2.05, 4.69) is 22.1 Å². The molecule has 2 aromatic heterocycles. The van der Waals surface area contributed by atoms with Crippen LogP contribution in [0.4, 0.5) is 0 Å². The number of nitrogens with zero attached hydrogens (tertiary/aromatic N) is 2. The number of carbonyl (C=O) groups is 2. The van der Waals surface area contributed by atoms with E-state index < -0.39 is 0 Å². The van der Waals surface area contributed by atoms with E-state index in [1.807, 2.05) is 12.1 Å². The molecule has 4 heteroatoms. The second kappa shape index (κ2) is 6.03. The molecule has 2 aromatic rings. The van der Waals surface area contributed by atoms with E-state index in [4.69, 9.17) is 0 Å². The smallest absolute Gasteiger partial charge is 0.129 e. The van der Waals surface area contributed by atoms with Gasteiger partial charge in [-0.2, -0.15) is 0 Å². The molecule has 0 atom stereocenters. The second-order valence-corrected chi connectivity index (χ2v) is 6.29. The second-order valence-electron chi connectivity index (χ2n) is 6.29. The van der Waals surface area contributed by atoms with E-state index in [0.717, 1.165) is 22.5 Å². The fourth-order valence-corrected chi connectivity index (χ4v) is 3.55. The Labute approximate surface area is 136 Å². The Kier molecular flexibility index (Phi) is 4.07. The van der Waals surface area contributed by atoms with Crippen LogP contribution in [0.5, 0.6) is 0 Å². The molecule has 0 aliphatic heterocycles. The number of ketones is 2. The number of aromatic nitrogens is 2. The molecule has 0 bridgehead atoms. The van der Waals surface area contributed by atoms with E-state index in [1.54, 1.807) is 26.2 Å². The first-order chi connectivity index (χ1) is 11.0. The summed E-state index contributed by atoms with van der Waals surface area (Å²) in [6, 6.07) is 7.95. The molecule has 0 N–H and O–H groups in total. The molecule has 1 aliphatic rings. The fourth-order valence-electron chi connectivity index (χ4n) is 3.55. The van der Waals surface area contributed by atoms with Gasteiger partial charge in [-0.05, 0) is 49.9 Å². The van der Waals surface area contributed by atoms with Crippen molar-refractivity contribution in [2.75, 3.05) is 0 Å². The SMILES string of the molecule is CC(=O)CCC1(CCC(C)=O)c2cccnc2-c2ncccc21. The van der Waals surface area contributed by atoms with Crippen molar-refractivity contribution in [2.24, 2.45) is 0 Å². The Morgan fingerprint density at radius 2 is 1.30 bits per heavy atom. The summed E-state index contributed by atoms with van der Waals surface area (Å²) in [7, 11) is 0. The molecule has 23 heavy (non-hydrogen) atoms. The van der Waals surface area contributed by atoms with Gasteiger partial charge in [0.05, 0.1) is 11.4 Å². The zero-order valence-electron chi connectivity index (χ0n) is 13.5. The standard InChI is InChI=1S/C19H20N2O2/c1-13(22)7-9-19(10-8-14(2)23)15-5-3-11-20-17(15)18-16(19)6-4-12-21-18/h3-6,11-12H,7-10H2,1-2H3. The van der Waals surface area contributed by atoms with E-state index in [9.17, 15) is 9.59 Å². The molecule has 0 saturated heterocycles. The van der Waals surface area contributed by atoms with E-state index in [-0.39, 0.29) is 17.0 Å². The third kappa shape index (κ3) is 2.69. The minimum atomic E-state index is -0.343. The third-order valence-corrected chi connectivity index (χ3v) is 4.68. The molecule has 4 nitrogen and oxygen atoms in total. The lowest BCUT2D eigenvalue weighted by atomic mass is 9.71. The Bertz CT molecular complexity index is 702. The maximum atomic E-state index is 11.6. The van der Waals surface area contributed by atoms with Crippen molar-refractivity contribution in [3.05, 3.63) is 47.8 Å². The van der Waals surface area contributed by atoms with E-state index in [0.29, 0.717) is 25.7 Å². The molecule has 3 rings (SSSR count). The van der Waals surface area contributed by atoms with E-state index >= 15 is 0 Å². The lowest BCUT2D eigenvalue weighted by molar-refractivity contribution is -0.117. The van der Waals surface area contributed by atoms with Crippen LogP contribution in [0.15, 0.2) is 36.7 Å². The highest BCUT2D eigenvalue weighted by Crippen LogP contribution is 2.52. The van der Waals surface area contributed by atoms with Gasteiger partial charge in [0.15, 0.2) is 0 Å². The van der Waals surface area contributed by atoms with Crippen LogP contribution in [-0.4, -0.2) is 21.5 Å². The molecule has 1 aliphatic carbocycles. The van der Waals surface area contributed by atoms with Gasteiger partial charge in [-0.3, -0.25) is 9.97 Å². The summed E-state index contributed by atoms with van der Waals surface area (Å²) < 4.78 is 0. The summed E-state index contributed by atoms with van der Waals surface area (Å²) in [5.74, 6) is 0.324. The minimum Gasteiger partial charge on any atom is -0.300 e. The van der Waals surface area contributed by atoms with Crippen LogP contribution in [0, 0.1) is 0 Å². The molecule has 2 heterocycles. The predicted molar refractivity (Wildman–Crippen MR) is 88.1 cm³/mol. The van der Waals surface area contributed by atoms with Crippen LogP contribution in [0.3, 0.4) is 0 Å². The van der Waals surface area contributed by atoms with Crippen molar-refractivity contribution in [3.63, 3.8) is 0 Å². The molecule has 0 spiro atoms. The van der Waals surface area contributed by atoms with Crippen molar-refractivity contribution in [2.45, 2.75) is 44.9 Å². The fraction of sp³-hybridized carbons (Fsp3) is 0.368. The van der Waals surface area contributed by atoms with Crippen molar-refractivity contribution in [3.8, 4) is 11.4 Å². The number of Topliss-reactive ketones (excluding diaryl/α,β-unsaturated/α-hetero) is 2. The topological polar surface area (TPSA) is 59.9 Å². The Hall–Kier alpha value is -2.36. The molecule has 0 fully saturated rings. The quantitative estimate of drug-likeness (QED) is 0.819.